The van der Waals surface area contributed by atoms with Crippen molar-refractivity contribution in [3.05, 3.63) is 58.1 Å². The molecular formula is C18H18BrNO2S2. The summed E-state index contributed by atoms with van der Waals surface area (Å²) in [6.07, 6.45) is 2.03. The number of hydrogen-bond donors (Lipinski definition) is 0. The predicted octanol–water partition coefficient (Wildman–Crippen LogP) is 5.07. The predicted molar refractivity (Wildman–Crippen MR) is 105 cm³/mol. The van der Waals surface area contributed by atoms with E-state index in [4.69, 9.17) is 4.74 Å². The number of rotatable bonds is 4. The van der Waals surface area contributed by atoms with Crippen molar-refractivity contribution in [3.63, 3.8) is 0 Å². The van der Waals surface area contributed by atoms with E-state index in [2.05, 4.69) is 15.9 Å². The van der Waals surface area contributed by atoms with Crippen LogP contribution in [0.4, 0.5) is 0 Å². The first-order valence-electron chi connectivity index (χ1n) is 7.54. The molecule has 1 fully saturated rings. The summed E-state index contributed by atoms with van der Waals surface area (Å²) in [6, 6.07) is 13.8. The minimum atomic E-state index is 0.0416. The molecule has 0 aliphatic carbocycles. The summed E-state index contributed by atoms with van der Waals surface area (Å²) in [6.45, 7) is 0.766. The minimum Gasteiger partial charge on any atom is -0.496 e. The summed E-state index contributed by atoms with van der Waals surface area (Å²) in [5, 5.41) is 0.0416. The zero-order valence-corrected chi connectivity index (χ0v) is 16.7. The number of amides is 1. The lowest BCUT2D eigenvalue weighted by Gasteiger charge is -2.24. The minimum absolute atomic E-state index is 0.0416. The van der Waals surface area contributed by atoms with E-state index in [-0.39, 0.29) is 11.3 Å². The highest BCUT2D eigenvalue weighted by atomic mass is 79.9. The van der Waals surface area contributed by atoms with Crippen LogP contribution >= 0.6 is 39.5 Å². The van der Waals surface area contributed by atoms with Crippen LogP contribution in [-0.2, 0) is 0 Å². The molecule has 3 nitrogen and oxygen atoms in total. The molecule has 1 unspecified atom stereocenters. The number of ether oxygens (including phenoxy) is 1. The van der Waals surface area contributed by atoms with Crippen LogP contribution in [0.15, 0.2) is 51.8 Å². The van der Waals surface area contributed by atoms with E-state index < -0.39 is 0 Å². The number of thioether (sulfide) groups is 2. The van der Waals surface area contributed by atoms with Crippen LogP contribution in [0.5, 0.6) is 5.75 Å². The Kier molecular flexibility index (Phi) is 5.79. The van der Waals surface area contributed by atoms with Gasteiger partial charge in [-0.1, -0.05) is 6.07 Å². The van der Waals surface area contributed by atoms with E-state index in [1.165, 1.54) is 0 Å². The summed E-state index contributed by atoms with van der Waals surface area (Å²) >= 11 is 7.01. The maximum atomic E-state index is 12.9. The van der Waals surface area contributed by atoms with Crippen molar-refractivity contribution in [2.45, 2.75) is 10.3 Å². The molecule has 0 bridgehead atoms. The Morgan fingerprint density at radius 1 is 1.29 bits per heavy atom. The molecule has 0 spiro atoms. The standard InChI is InChI=1S/C18H18BrNO2S2/c1-22-16-8-5-13(11-15(16)19)18-20(9-10-24-18)17(21)12-3-6-14(23-2)7-4-12/h3-8,11,18H,9-10H2,1-2H3. The summed E-state index contributed by atoms with van der Waals surface area (Å²) in [4.78, 5) is 16.0. The van der Waals surface area contributed by atoms with Crippen molar-refractivity contribution in [1.29, 1.82) is 0 Å². The quantitative estimate of drug-likeness (QED) is 0.642. The molecular weight excluding hydrogens is 406 g/mol. The average Bonchev–Trinajstić information content (AvgIpc) is 3.10. The molecule has 0 N–H and O–H groups in total. The van der Waals surface area contributed by atoms with Crippen molar-refractivity contribution in [2.75, 3.05) is 25.7 Å². The summed E-state index contributed by atoms with van der Waals surface area (Å²) in [5.41, 5.74) is 1.85. The molecule has 1 heterocycles. The highest BCUT2D eigenvalue weighted by Gasteiger charge is 2.31. The van der Waals surface area contributed by atoms with Crippen molar-refractivity contribution in [3.8, 4) is 5.75 Å². The van der Waals surface area contributed by atoms with Gasteiger partial charge in [-0.15, -0.1) is 23.5 Å². The van der Waals surface area contributed by atoms with Gasteiger partial charge in [0.15, 0.2) is 0 Å². The Labute approximate surface area is 159 Å². The number of methoxy groups -OCH3 is 1. The molecule has 3 rings (SSSR count). The van der Waals surface area contributed by atoms with Crippen molar-refractivity contribution in [1.82, 2.24) is 4.90 Å². The summed E-state index contributed by atoms with van der Waals surface area (Å²) < 4.78 is 6.20. The van der Waals surface area contributed by atoms with Gasteiger partial charge in [0.2, 0.25) is 0 Å². The third-order valence-corrected chi connectivity index (χ3v) is 6.57. The number of hydrogen-bond acceptors (Lipinski definition) is 4. The molecule has 1 aliphatic heterocycles. The van der Waals surface area contributed by atoms with Crippen molar-refractivity contribution >= 4 is 45.4 Å². The maximum absolute atomic E-state index is 12.9. The third kappa shape index (κ3) is 3.60. The molecule has 1 aliphatic rings. The maximum Gasteiger partial charge on any atom is 0.255 e. The molecule has 0 aromatic heterocycles. The molecule has 6 heteroatoms. The molecule has 1 amide bonds. The van der Waals surface area contributed by atoms with Gasteiger partial charge < -0.3 is 9.64 Å². The van der Waals surface area contributed by atoms with Crippen LogP contribution in [0.2, 0.25) is 0 Å². The lowest BCUT2D eigenvalue weighted by molar-refractivity contribution is 0.0760. The molecule has 0 saturated carbocycles. The number of benzene rings is 2. The van der Waals surface area contributed by atoms with Crippen LogP contribution in [0, 0.1) is 0 Å². The zero-order valence-electron chi connectivity index (χ0n) is 13.5. The SMILES string of the molecule is COc1ccc(C2SCCN2C(=O)c2ccc(SC)cc2)cc1Br. The molecule has 1 atom stereocenters. The first-order chi connectivity index (χ1) is 11.6. The fourth-order valence-corrected chi connectivity index (χ4v) is 4.90. The monoisotopic (exact) mass is 423 g/mol. The summed E-state index contributed by atoms with van der Waals surface area (Å²) in [7, 11) is 1.65. The second kappa shape index (κ2) is 7.85. The van der Waals surface area contributed by atoms with Gasteiger partial charge in [-0.3, -0.25) is 4.79 Å². The average molecular weight is 424 g/mol. The van der Waals surface area contributed by atoms with Crippen LogP contribution in [0.1, 0.15) is 21.3 Å². The van der Waals surface area contributed by atoms with E-state index >= 15 is 0 Å². The van der Waals surface area contributed by atoms with Gasteiger partial charge in [0.1, 0.15) is 11.1 Å². The van der Waals surface area contributed by atoms with E-state index in [0.717, 1.165) is 38.5 Å². The van der Waals surface area contributed by atoms with Crippen molar-refractivity contribution in [2.24, 2.45) is 0 Å². The molecule has 24 heavy (non-hydrogen) atoms. The molecule has 2 aromatic rings. The lowest BCUT2D eigenvalue weighted by Crippen LogP contribution is -2.30. The van der Waals surface area contributed by atoms with E-state index in [0.29, 0.717) is 0 Å². The zero-order chi connectivity index (χ0) is 17.1. The fourth-order valence-electron chi connectivity index (χ4n) is 2.69. The lowest BCUT2D eigenvalue weighted by atomic mass is 10.1. The van der Waals surface area contributed by atoms with Gasteiger partial charge in [-0.2, -0.15) is 0 Å². The Morgan fingerprint density at radius 3 is 2.67 bits per heavy atom. The van der Waals surface area contributed by atoms with Gasteiger partial charge in [0.25, 0.3) is 5.91 Å². The topological polar surface area (TPSA) is 29.5 Å². The van der Waals surface area contributed by atoms with Crippen LogP contribution < -0.4 is 4.74 Å². The second-order valence-corrected chi connectivity index (χ2v) is 8.27. The number of carbonyl (C=O) groups is 1. The molecule has 126 valence electrons. The smallest absolute Gasteiger partial charge is 0.255 e. The Bertz CT molecular complexity index is 736. The van der Waals surface area contributed by atoms with Gasteiger partial charge in [-0.25, -0.2) is 0 Å². The van der Waals surface area contributed by atoms with Crippen LogP contribution in [-0.4, -0.2) is 36.5 Å². The number of halogens is 1. The van der Waals surface area contributed by atoms with Crippen LogP contribution in [0.25, 0.3) is 0 Å². The van der Waals surface area contributed by atoms with Crippen molar-refractivity contribution < 1.29 is 9.53 Å². The normalized spacial score (nSPS) is 17.1. The van der Waals surface area contributed by atoms with Gasteiger partial charge in [0.05, 0.1) is 11.6 Å². The highest BCUT2D eigenvalue weighted by Crippen LogP contribution is 2.41. The Hall–Kier alpha value is -1.11. The molecule has 1 saturated heterocycles. The highest BCUT2D eigenvalue weighted by molar-refractivity contribution is 9.10. The van der Waals surface area contributed by atoms with E-state index in [1.54, 1.807) is 30.6 Å². The van der Waals surface area contributed by atoms with Gasteiger partial charge in [-0.05, 0) is 64.1 Å². The third-order valence-electron chi connectivity index (χ3n) is 3.95. The number of carbonyl (C=O) groups excluding carboxylic acids is 1. The first kappa shape index (κ1) is 17.7. The Morgan fingerprint density at radius 2 is 2.04 bits per heavy atom. The van der Waals surface area contributed by atoms with Gasteiger partial charge in [0, 0.05) is 22.8 Å². The molecule has 0 radical (unpaired) electrons. The summed E-state index contributed by atoms with van der Waals surface area (Å²) in [5.74, 6) is 1.83. The fraction of sp³-hybridized carbons (Fsp3) is 0.278. The Balaban J connectivity index is 1.84. The van der Waals surface area contributed by atoms with E-state index in [9.17, 15) is 4.79 Å². The largest absolute Gasteiger partial charge is 0.496 e. The molecule has 2 aromatic carbocycles. The second-order valence-electron chi connectivity index (χ2n) is 5.34. The van der Waals surface area contributed by atoms with E-state index in [1.807, 2.05) is 53.6 Å². The van der Waals surface area contributed by atoms with Crippen LogP contribution in [0.3, 0.4) is 0 Å². The first-order valence-corrected chi connectivity index (χ1v) is 10.6. The number of nitrogens with zero attached hydrogens (tertiary/aromatic N) is 1. The van der Waals surface area contributed by atoms with Gasteiger partial charge >= 0.3 is 0 Å².